The first-order chi connectivity index (χ1) is 12.2. The molecule has 138 valence electrons. The topological polar surface area (TPSA) is 71.4 Å². The molecule has 1 saturated carbocycles. The second-order valence-electron chi connectivity index (χ2n) is 7.57. The van der Waals surface area contributed by atoms with Gasteiger partial charge < -0.3 is 24.8 Å². The molecule has 4 rings (SSSR count). The molecule has 3 aliphatic rings. The van der Waals surface area contributed by atoms with E-state index in [1.807, 2.05) is 17.3 Å². The molecular weight excluding hydrogens is 318 g/mol. The highest BCUT2D eigenvalue weighted by atomic mass is 16.5. The quantitative estimate of drug-likeness (QED) is 0.745. The second kappa shape index (κ2) is 7.05. The Morgan fingerprint density at radius 1 is 1.40 bits per heavy atom. The van der Waals surface area contributed by atoms with Crippen LogP contribution in [0.25, 0.3) is 0 Å². The maximum Gasteiger partial charge on any atom is 0.249 e. The predicted octanol–water partition coefficient (Wildman–Crippen LogP) is 0.362. The number of nitrogens with zero attached hydrogens (tertiary/aromatic N) is 3. The Morgan fingerprint density at radius 2 is 2.20 bits per heavy atom. The lowest BCUT2D eigenvalue weighted by atomic mass is 9.93. The van der Waals surface area contributed by atoms with Crippen LogP contribution in [0, 0.1) is 5.41 Å². The zero-order valence-electron chi connectivity index (χ0n) is 15.0. The third-order valence-electron chi connectivity index (χ3n) is 6.08. The summed E-state index contributed by atoms with van der Waals surface area (Å²) in [4.78, 5) is 19.5. The van der Waals surface area contributed by atoms with E-state index in [2.05, 4.69) is 27.1 Å². The second-order valence-corrected chi connectivity index (χ2v) is 7.57. The number of carbonyl (C=O) groups excluding carboxylic acids is 1. The number of rotatable bonds is 7. The molecule has 3 fully saturated rings. The minimum atomic E-state index is 0.109. The fourth-order valence-corrected chi connectivity index (χ4v) is 4.19. The summed E-state index contributed by atoms with van der Waals surface area (Å²) in [6.45, 7) is 7.59. The monoisotopic (exact) mass is 347 g/mol. The lowest BCUT2D eigenvalue weighted by molar-refractivity contribution is -0.141. The Labute approximate surface area is 149 Å². The van der Waals surface area contributed by atoms with Gasteiger partial charge in [0.05, 0.1) is 12.6 Å². The van der Waals surface area contributed by atoms with Crippen LogP contribution in [0.15, 0.2) is 12.4 Å². The average Bonchev–Trinajstić information content (AvgIpc) is 3.05. The van der Waals surface area contributed by atoms with Crippen LogP contribution in [0.2, 0.25) is 0 Å². The number of carbonyl (C=O) groups is 1. The summed E-state index contributed by atoms with van der Waals surface area (Å²) in [7, 11) is 0. The summed E-state index contributed by atoms with van der Waals surface area (Å²) < 4.78 is 7.88. The van der Waals surface area contributed by atoms with E-state index in [9.17, 15) is 4.79 Å². The maximum absolute atomic E-state index is 12.9. The SMILES string of the molecule is CCn1ccnc1CN(C(=O)COC1CNC1)C1CC12CCNCC2. The van der Waals surface area contributed by atoms with Gasteiger partial charge in [-0.25, -0.2) is 4.98 Å². The van der Waals surface area contributed by atoms with Crippen molar-refractivity contribution >= 4 is 5.91 Å². The van der Waals surface area contributed by atoms with Crippen molar-refractivity contribution in [3.63, 3.8) is 0 Å². The van der Waals surface area contributed by atoms with Crippen molar-refractivity contribution in [3.05, 3.63) is 18.2 Å². The Kier molecular flexibility index (Phi) is 4.80. The van der Waals surface area contributed by atoms with E-state index in [4.69, 9.17) is 4.74 Å². The molecule has 2 N–H and O–H groups in total. The molecule has 1 aromatic heterocycles. The minimum absolute atomic E-state index is 0.109. The van der Waals surface area contributed by atoms with Gasteiger partial charge in [-0.3, -0.25) is 4.79 Å². The molecule has 0 radical (unpaired) electrons. The lowest BCUT2D eigenvalue weighted by Gasteiger charge is -2.31. The van der Waals surface area contributed by atoms with Gasteiger partial charge >= 0.3 is 0 Å². The molecule has 0 aromatic carbocycles. The summed E-state index contributed by atoms with van der Waals surface area (Å²) in [5.74, 6) is 1.08. The highest BCUT2D eigenvalue weighted by molar-refractivity contribution is 5.78. The first-order valence-corrected chi connectivity index (χ1v) is 9.54. The molecule has 0 bridgehead atoms. The fraction of sp³-hybridized carbons (Fsp3) is 0.778. The number of aromatic nitrogens is 2. The number of nitrogens with one attached hydrogen (secondary N) is 2. The highest BCUT2D eigenvalue weighted by Gasteiger charge is 2.57. The van der Waals surface area contributed by atoms with E-state index in [0.717, 1.165) is 57.8 Å². The molecule has 1 aromatic rings. The predicted molar refractivity (Wildman–Crippen MR) is 94.0 cm³/mol. The van der Waals surface area contributed by atoms with E-state index < -0.39 is 0 Å². The van der Waals surface area contributed by atoms with E-state index in [0.29, 0.717) is 18.0 Å². The molecule has 1 aliphatic carbocycles. The molecular formula is C18H29N5O2. The molecule has 25 heavy (non-hydrogen) atoms. The van der Waals surface area contributed by atoms with Gasteiger partial charge in [0.2, 0.25) is 5.91 Å². The van der Waals surface area contributed by atoms with Gasteiger partial charge in [0.15, 0.2) is 0 Å². The van der Waals surface area contributed by atoms with Crippen molar-refractivity contribution in [1.82, 2.24) is 25.1 Å². The van der Waals surface area contributed by atoms with Gasteiger partial charge in [0.1, 0.15) is 12.4 Å². The largest absolute Gasteiger partial charge is 0.366 e. The zero-order valence-corrected chi connectivity index (χ0v) is 15.0. The number of amides is 1. The molecule has 1 spiro atoms. The third-order valence-corrected chi connectivity index (χ3v) is 6.08. The van der Waals surface area contributed by atoms with Crippen LogP contribution in [0.1, 0.15) is 32.0 Å². The Hall–Kier alpha value is -1.44. The maximum atomic E-state index is 12.9. The number of aryl methyl sites for hydroxylation is 1. The van der Waals surface area contributed by atoms with Crippen LogP contribution >= 0.6 is 0 Å². The van der Waals surface area contributed by atoms with Crippen molar-refractivity contribution in [3.8, 4) is 0 Å². The summed E-state index contributed by atoms with van der Waals surface area (Å²) in [5, 5.41) is 6.61. The Balaban J connectivity index is 1.45. The van der Waals surface area contributed by atoms with E-state index in [1.165, 1.54) is 0 Å². The lowest BCUT2D eigenvalue weighted by Crippen LogP contribution is -2.50. The van der Waals surface area contributed by atoms with E-state index in [1.54, 1.807) is 0 Å². The summed E-state index contributed by atoms with van der Waals surface area (Å²) in [5.41, 5.74) is 0.322. The Bertz CT molecular complexity index is 606. The summed E-state index contributed by atoms with van der Waals surface area (Å²) in [6, 6.07) is 0.340. The normalized spacial score (nSPS) is 24.9. The first kappa shape index (κ1) is 17.0. The molecule has 7 heteroatoms. The summed E-state index contributed by atoms with van der Waals surface area (Å²) >= 11 is 0. The van der Waals surface area contributed by atoms with Crippen LogP contribution in [0.5, 0.6) is 0 Å². The van der Waals surface area contributed by atoms with E-state index >= 15 is 0 Å². The van der Waals surface area contributed by atoms with Crippen LogP contribution in [0.4, 0.5) is 0 Å². The van der Waals surface area contributed by atoms with Crippen molar-refractivity contribution in [2.75, 3.05) is 32.8 Å². The van der Waals surface area contributed by atoms with Crippen molar-refractivity contribution in [1.29, 1.82) is 0 Å². The zero-order chi connectivity index (χ0) is 17.3. The van der Waals surface area contributed by atoms with Crippen molar-refractivity contribution in [2.24, 2.45) is 5.41 Å². The van der Waals surface area contributed by atoms with Crippen LogP contribution in [-0.4, -0.2) is 65.3 Å². The van der Waals surface area contributed by atoms with Gasteiger partial charge in [-0.05, 0) is 44.7 Å². The van der Waals surface area contributed by atoms with E-state index in [-0.39, 0.29) is 18.6 Å². The van der Waals surface area contributed by atoms with Gasteiger partial charge in [-0.1, -0.05) is 0 Å². The molecule has 2 saturated heterocycles. The van der Waals surface area contributed by atoms with Crippen LogP contribution in [-0.2, 0) is 22.6 Å². The number of imidazole rings is 1. The van der Waals surface area contributed by atoms with Gasteiger partial charge in [-0.2, -0.15) is 0 Å². The van der Waals surface area contributed by atoms with Crippen LogP contribution < -0.4 is 10.6 Å². The number of hydrogen-bond donors (Lipinski definition) is 2. The highest BCUT2D eigenvalue weighted by Crippen LogP contribution is 2.56. The molecule has 1 atom stereocenters. The van der Waals surface area contributed by atoms with Gasteiger partial charge in [-0.15, -0.1) is 0 Å². The van der Waals surface area contributed by atoms with Gasteiger partial charge in [0, 0.05) is 38.1 Å². The van der Waals surface area contributed by atoms with Gasteiger partial charge in [0.25, 0.3) is 0 Å². The Morgan fingerprint density at radius 3 is 2.88 bits per heavy atom. The molecule has 3 heterocycles. The van der Waals surface area contributed by atoms with Crippen molar-refractivity contribution < 1.29 is 9.53 Å². The van der Waals surface area contributed by atoms with Crippen molar-refractivity contribution in [2.45, 2.75) is 51.4 Å². The number of piperidine rings is 1. The summed E-state index contributed by atoms with van der Waals surface area (Å²) in [6.07, 6.45) is 7.45. The molecule has 1 amide bonds. The number of ether oxygens (including phenoxy) is 1. The smallest absolute Gasteiger partial charge is 0.249 e. The molecule has 1 unspecified atom stereocenters. The fourth-order valence-electron chi connectivity index (χ4n) is 4.19. The van der Waals surface area contributed by atoms with Crippen LogP contribution in [0.3, 0.4) is 0 Å². The molecule has 7 nitrogen and oxygen atoms in total. The number of hydrogen-bond acceptors (Lipinski definition) is 5. The minimum Gasteiger partial charge on any atom is -0.366 e. The average molecular weight is 347 g/mol. The standard InChI is InChI=1S/C18H29N5O2/c1-2-22-8-7-21-16(22)12-23(17(24)13-25-14-10-20-11-14)15-9-18(15)3-5-19-6-4-18/h7-8,14-15,19-20H,2-6,9-13H2,1H3. The first-order valence-electron chi connectivity index (χ1n) is 9.54. The molecule has 2 aliphatic heterocycles. The third kappa shape index (κ3) is 3.45.